The molecule has 0 bridgehead atoms. The molecule has 6 rings (SSSR count). The first kappa shape index (κ1) is 27.8. The van der Waals surface area contributed by atoms with E-state index < -0.39 is 0 Å². The van der Waals surface area contributed by atoms with Gasteiger partial charge in [-0.2, -0.15) is 5.10 Å². The molecule has 9 heteroatoms. The standard InChI is InChI=1S/C33H37FN8/c1-36-17-18-37-26-12-14-27(15-13-26)42-33-30(32(35)39-21-40-33)31(41-42)25-11-16-29(28(34)19-25)38-20-22-7-9-24(10-8-22)23-5-3-2-4-6-23/h2-11,16,19,21,26-27,36-38H,12-15,17-18,20H2,1H3,(H2,35,39,40). The Morgan fingerprint density at radius 3 is 2.36 bits per heavy atom. The quantitative estimate of drug-likeness (QED) is 0.159. The van der Waals surface area contributed by atoms with Crippen molar-refractivity contribution >= 4 is 22.5 Å². The van der Waals surface area contributed by atoms with Gasteiger partial charge in [0.2, 0.25) is 0 Å². The molecule has 0 unspecified atom stereocenters. The van der Waals surface area contributed by atoms with Crippen molar-refractivity contribution in [1.29, 1.82) is 0 Å². The van der Waals surface area contributed by atoms with E-state index in [-0.39, 0.29) is 11.9 Å². The van der Waals surface area contributed by atoms with Crippen molar-refractivity contribution < 1.29 is 4.39 Å². The number of rotatable bonds is 10. The van der Waals surface area contributed by atoms with Crippen molar-refractivity contribution in [2.75, 3.05) is 31.2 Å². The summed E-state index contributed by atoms with van der Waals surface area (Å²) in [7, 11) is 1.97. The van der Waals surface area contributed by atoms with Gasteiger partial charge >= 0.3 is 0 Å². The highest BCUT2D eigenvalue weighted by Crippen LogP contribution is 2.36. The van der Waals surface area contributed by atoms with Gasteiger partial charge in [-0.1, -0.05) is 60.7 Å². The summed E-state index contributed by atoms with van der Waals surface area (Å²) in [4.78, 5) is 8.78. The van der Waals surface area contributed by atoms with Gasteiger partial charge in [-0.3, -0.25) is 0 Å². The number of nitrogen functional groups attached to an aromatic ring is 1. The predicted octanol–water partition coefficient (Wildman–Crippen LogP) is 5.79. The van der Waals surface area contributed by atoms with Gasteiger partial charge in [0.15, 0.2) is 5.65 Å². The van der Waals surface area contributed by atoms with E-state index in [1.54, 1.807) is 6.07 Å². The number of anilines is 2. The fourth-order valence-electron chi connectivity index (χ4n) is 5.83. The summed E-state index contributed by atoms with van der Waals surface area (Å²) in [6.07, 6.45) is 5.58. The minimum atomic E-state index is -0.348. The van der Waals surface area contributed by atoms with Crippen LogP contribution in [0.2, 0.25) is 0 Å². The number of halogens is 1. The Bertz CT molecular complexity index is 1630. The summed E-state index contributed by atoms with van der Waals surface area (Å²) < 4.78 is 17.4. The monoisotopic (exact) mass is 564 g/mol. The number of hydrogen-bond acceptors (Lipinski definition) is 7. The van der Waals surface area contributed by atoms with Crippen LogP contribution in [-0.2, 0) is 6.54 Å². The largest absolute Gasteiger partial charge is 0.383 e. The van der Waals surface area contributed by atoms with Crippen molar-refractivity contribution in [3.63, 3.8) is 0 Å². The fourth-order valence-corrected chi connectivity index (χ4v) is 5.83. The van der Waals surface area contributed by atoms with Gasteiger partial charge in [0, 0.05) is 31.2 Å². The van der Waals surface area contributed by atoms with Gasteiger partial charge in [0.25, 0.3) is 0 Å². The highest BCUT2D eigenvalue weighted by molar-refractivity contribution is 5.98. The molecular formula is C33H37FN8. The molecular weight excluding hydrogens is 527 g/mol. The van der Waals surface area contributed by atoms with Gasteiger partial charge in [-0.25, -0.2) is 19.0 Å². The van der Waals surface area contributed by atoms with E-state index in [2.05, 4.69) is 62.3 Å². The molecule has 1 saturated carbocycles. The zero-order chi connectivity index (χ0) is 28.9. The molecule has 1 fully saturated rings. The van der Waals surface area contributed by atoms with Crippen molar-refractivity contribution in [1.82, 2.24) is 30.4 Å². The van der Waals surface area contributed by atoms with E-state index in [0.29, 0.717) is 46.4 Å². The Hall–Kier alpha value is -4.34. The van der Waals surface area contributed by atoms with Gasteiger partial charge in [0.1, 0.15) is 23.7 Å². The minimum absolute atomic E-state index is 0.206. The van der Waals surface area contributed by atoms with E-state index in [1.165, 1.54) is 18.0 Å². The summed E-state index contributed by atoms with van der Waals surface area (Å²) in [5.41, 5.74) is 12.1. The van der Waals surface area contributed by atoms with Gasteiger partial charge in [0.05, 0.1) is 17.1 Å². The Morgan fingerprint density at radius 2 is 1.62 bits per heavy atom. The second-order valence-corrected chi connectivity index (χ2v) is 10.9. The number of aromatic nitrogens is 4. The number of nitrogens with two attached hydrogens (primary N) is 1. The molecule has 0 radical (unpaired) electrons. The van der Waals surface area contributed by atoms with Crippen LogP contribution in [0.15, 0.2) is 79.1 Å². The molecule has 2 heterocycles. The zero-order valence-corrected chi connectivity index (χ0v) is 23.9. The average molecular weight is 565 g/mol. The first-order valence-electron chi connectivity index (χ1n) is 14.7. The first-order valence-corrected chi connectivity index (χ1v) is 14.7. The third kappa shape index (κ3) is 5.98. The normalized spacial score (nSPS) is 17.0. The Kier molecular flexibility index (Phi) is 8.39. The molecule has 1 aliphatic carbocycles. The second kappa shape index (κ2) is 12.7. The molecule has 1 aliphatic rings. The fraction of sp³-hybridized carbons (Fsp3) is 0.303. The second-order valence-electron chi connectivity index (χ2n) is 10.9. The lowest BCUT2D eigenvalue weighted by Crippen LogP contribution is -2.37. The molecule has 42 heavy (non-hydrogen) atoms. The van der Waals surface area contributed by atoms with Crippen LogP contribution in [0.1, 0.15) is 37.3 Å². The number of fused-ring (bicyclic) bond motifs is 1. The first-order chi connectivity index (χ1) is 20.6. The zero-order valence-electron chi connectivity index (χ0n) is 23.9. The van der Waals surface area contributed by atoms with E-state index in [0.717, 1.165) is 49.9 Å². The molecule has 2 aromatic heterocycles. The number of nitrogens with zero attached hydrogens (tertiary/aromatic N) is 4. The van der Waals surface area contributed by atoms with E-state index in [9.17, 15) is 0 Å². The molecule has 0 amide bonds. The maximum Gasteiger partial charge on any atom is 0.164 e. The predicted molar refractivity (Wildman–Crippen MR) is 168 cm³/mol. The summed E-state index contributed by atoms with van der Waals surface area (Å²) in [6.45, 7) is 2.42. The van der Waals surface area contributed by atoms with Gasteiger partial charge in [-0.05, 0) is 61.6 Å². The minimum Gasteiger partial charge on any atom is -0.383 e. The van der Waals surface area contributed by atoms with E-state index >= 15 is 4.39 Å². The molecule has 5 aromatic rings. The Morgan fingerprint density at radius 1 is 0.881 bits per heavy atom. The van der Waals surface area contributed by atoms with Crippen LogP contribution in [0.3, 0.4) is 0 Å². The van der Waals surface area contributed by atoms with Crippen LogP contribution >= 0.6 is 0 Å². The molecule has 3 aromatic carbocycles. The molecule has 5 N–H and O–H groups in total. The number of hydrogen-bond donors (Lipinski definition) is 4. The highest BCUT2D eigenvalue weighted by Gasteiger charge is 2.27. The lowest BCUT2D eigenvalue weighted by molar-refractivity contribution is 0.281. The maximum absolute atomic E-state index is 15.4. The molecule has 0 atom stereocenters. The van der Waals surface area contributed by atoms with Crippen molar-refractivity contribution in [2.24, 2.45) is 0 Å². The van der Waals surface area contributed by atoms with Crippen molar-refractivity contribution in [2.45, 2.75) is 44.3 Å². The van der Waals surface area contributed by atoms with E-state index in [4.69, 9.17) is 10.8 Å². The van der Waals surface area contributed by atoms with E-state index in [1.807, 2.05) is 36.0 Å². The maximum atomic E-state index is 15.4. The smallest absolute Gasteiger partial charge is 0.164 e. The molecule has 0 aliphatic heterocycles. The van der Waals surface area contributed by atoms with Crippen LogP contribution in [0.4, 0.5) is 15.9 Å². The molecule has 0 saturated heterocycles. The van der Waals surface area contributed by atoms with Crippen LogP contribution in [0, 0.1) is 5.82 Å². The van der Waals surface area contributed by atoms with Crippen molar-refractivity contribution in [3.8, 4) is 22.4 Å². The SMILES string of the molecule is CNCCNC1CCC(n2nc(-c3ccc(NCc4ccc(-c5ccccc5)cc4)c(F)c3)c3c(N)ncnc32)CC1. The Labute approximate surface area is 245 Å². The van der Waals surface area contributed by atoms with Crippen LogP contribution in [0.25, 0.3) is 33.4 Å². The summed E-state index contributed by atoms with van der Waals surface area (Å²) in [5, 5.41) is 15.7. The summed E-state index contributed by atoms with van der Waals surface area (Å²) in [5.74, 6) is 0.00454. The molecule has 8 nitrogen and oxygen atoms in total. The number of nitrogens with one attached hydrogen (secondary N) is 3. The lowest BCUT2D eigenvalue weighted by atomic mass is 9.91. The summed E-state index contributed by atoms with van der Waals surface area (Å²) in [6, 6.07) is 24.4. The topological polar surface area (TPSA) is 106 Å². The van der Waals surface area contributed by atoms with Gasteiger partial charge < -0.3 is 21.7 Å². The average Bonchev–Trinajstić information content (AvgIpc) is 3.43. The van der Waals surface area contributed by atoms with Crippen molar-refractivity contribution in [3.05, 3.63) is 90.5 Å². The lowest BCUT2D eigenvalue weighted by Gasteiger charge is -2.29. The molecule has 0 spiro atoms. The van der Waals surface area contributed by atoms with Crippen LogP contribution in [-0.4, -0.2) is 45.9 Å². The third-order valence-electron chi connectivity index (χ3n) is 8.16. The summed E-state index contributed by atoms with van der Waals surface area (Å²) >= 11 is 0. The third-order valence-corrected chi connectivity index (χ3v) is 8.16. The van der Waals surface area contributed by atoms with Crippen LogP contribution < -0.4 is 21.7 Å². The number of benzene rings is 3. The van der Waals surface area contributed by atoms with Crippen LogP contribution in [0.5, 0.6) is 0 Å². The highest BCUT2D eigenvalue weighted by atomic mass is 19.1. The number of likely N-dealkylation sites (N-methyl/N-ethyl adjacent to an activating group) is 1. The molecule has 216 valence electrons. The Balaban J connectivity index is 1.18. The van der Waals surface area contributed by atoms with Gasteiger partial charge in [-0.15, -0.1) is 0 Å².